The quantitative estimate of drug-likeness (QED) is 0.667. The lowest BCUT2D eigenvalue weighted by Gasteiger charge is -2.28. The van der Waals surface area contributed by atoms with Crippen molar-refractivity contribution in [3.05, 3.63) is 52.3 Å². The molecule has 33 heavy (non-hydrogen) atoms. The summed E-state index contributed by atoms with van der Waals surface area (Å²) >= 11 is 0. The molecule has 2 aliphatic rings. The fraction of sp³-hybridized carbons (Fsp3) is 0.462. The van der Waals surface area contributed by atoms with Gasteiger partial charge < -0.3 is 14.5 Å². The van der Waals surface area contributed by atoms with Crippen LogP contribution >= 0.6 is 0 Å². The molecule has 0 saturated heterocycles. The number of rotatable bonds is 6. The van der Waals surface area contributed by atoms with Gasteiger partial charge in [0, 0.05) is 48.8 Å². The maximum atomic E-state index is 13.4. The van der Waals surface area contributed by atoms with Gasteiger partial charge in [-0.25, -0.2) is 4.98 Å². The van der Waals surface area contributed by atoms with Crippen molar-refractivity contribution >= 4 is 23.2 Å². The Morgan fingerprint density at radius 3 is 2.52 bits per heavy atom. The average molecular weight is 449 g/mol. The number of fused-ring (bicyclic) bond motifs is 1. The molecular weight excluding hydrogens is 416 g/mol. The first-order valence-electron chi connectivity index (χ1n) is 11.3. The fourth-order valence-corrected chi connectivity index (χ4v) is 4.24. The zero-order valence-corrected chi connectivity index (χ0v) is 20.3. The summed E-state index contributed by atoms with van der Waals surface area (Å²) in [6, 6.07) is 7.67. The molecule has 1 aliphatic carbocycles. The number of pyridine rings is 1. The molecule has 1 aliphatic heterocycles. The van der Waals surface area contributed by atoms with Crippen molar-refractivity contribution in [2.24, 2.45) is 0 Å². The topological polar surface area (TPSA) is 86.6 Å². The average Bonchev–Trinajstić information content (AvgIpc) is 3.57. The molecule has 0 bridgehead atoms. The Morgan fingerprint density at radius 1 is 1.24 bits per heavy atom. The van der Waals surface area contributed by atoms with Crippen molar-refractivity contribution in [2.45, 2.75) is 58.4 Å². The third-order valence-corrected chi connectivity index (χ3v) is 6.47. The van der Waals surface area contributed by atoms with E-state index in [1.165, 1.54) is 11.8 Å². The summed E-state index contributed by atoms with van der Waals surface area (Å²) in [7, 11) is 3.26. The van der Waals surface area contributed by atoms with Gasteiger partial charge in [0.25, 0.3) is 0 Å². The first kappa shape index (κ1) is 23.0. The molecule has 0 spiro atoms. The number of ketones is 1. The predicted octanol–water partition coefficient (Wildman–Crippen LogP) is 4.27. The Labute approximate surface area is 195 Å². The highest BCUT2D eigenvalue weighted by Crippen LogP contribution is 2.41. The molecule has 7 nitrogen and oxygen atoms in total. The standard InChI is InChI=1S/C26H32N4O3/c1-15(31)29(5)21-12-18(11-19(24(21)33-6)26(2,3)4)22(32)14-30-13-17-9-10-20(16-7-8-16)28-23(17)25(30)27/h9-12,16,27H,7-8,13-14H2,1-6H3. The summed E-state index contributed by atoms with van der Waals surface area (Å²) < 4.78 is 5.68. The lowest BCUT2D eigenvalue weighted by atomic mass is 9.84. The smallest absolute Gasteiger partial charge is 0.223 e. The summed E-state index contributed by atoms with van der Waals surface area (Å²) in [6.07, 6.45) is 2.32. The molecule has 2 heterocycles. The van der Waals surface area contributed by atoms with Crippen LogP contribution in [0.3, 0.4) is 0 Å². The Hall–Kier alpha value is -3.22. The number of nitrogens with one attached hydrogen (secondary N) is 1. The van der Waals surface area contributed by atoms with Crippen LogP contribution in [-0.4, -0.2) is 48.1 Å². The minimum Gasteiger partial charge on any atom is -0.494 e. The van der Waals surface area contributed by atoms with Crippen LogP contribution < -0.4 is 9.64 Å². The highest BCUT2D eigenvalue weighted by molar-refractivity contribution is 6.05. The van der Waals surface area contributed by atoms with Crippen LogP contribution in [0.2, 0.25) is 0 Å². The van der Waals surface area contributed by atoms with Gasteiger partial charge in [-0.05, 0) is 36.5 Å². The highest BCUT2D eigenvalue weighted by atomic mass is 16.5. The highest BCUT2D eigenvalue weighted by Gasteiger charge is 2.32. The van der Waals surface area contributed by atoms with Gasteiger partial charge in [-0.15, -0.1) is 0 Å². The number of nitrogens with zero attached hydrogens (tertiary/aromatic N) is 3. The van der Waals surface area contributed by atoms with E-state index in [4.69, 9.17) is 15.1 Å². The Balaban J connectivity index is 1.64. The molecule has 4 rings (SSSR count). The van der Waals surface area contributed by atoms with E-state index in [0.29, 0.717) is 41.0 Å². The lowest BCUT2D eigenvalue weighted by Crippen LogP contribution is -2.31. The van der Waals surface area contributed by atoms with E-state index in [-0.39, 0.29) is 23.7 Å². The molecule has 174 valence electrons. The largest absolute Gasteiger partial charge is 0.494 e. The van der Waals surface area contributed by atoms with E-state index in [1.807, 2.05) is 32.9 Å². The van der Waals surface area contributed by atoms with Gasteiger partial charge in [0.05, 0.1) is 19.3 Å². The number of ether oxygens (including phenoxy) is 1. The fourth-order valence-electron chi connectivity index (χ4n) is 4.24. The number of carbonyl (C=O) groups excluding carboxylic acids is 2. The second-order valence-corrected chi connectivity index (χ2v) is 10.1. The number of amides is 1. The van der Waals surface area contributed by atoms with Crippen LogP contribution in [0.1, 0.15) is 79.3 Å². The summed E-state index contributed by atoms with van der Waals surface area (Å²) in [5.74, 6) is 1.15. The van der Waals surface area contributed by atoms with Crippen molar-refractivity contribution in [1.82, 2.24) is 9.88 Å². The molecule has 1 amide bonds. The molecular formula is C26H32N4O3. The second-order valence-electron chi connectivity index (χ2n) is 10.1. The first-order valence-corrected chi connectivity index (χ1v) is 11.3. The number of carbonyl (C=O) groups is 2. The van der Waals surface area contributed by atoms with Gasteiger partial charge in [-0.2, -0.15) is 0 Å². The van der Waals surface area contributed by atoms with Gasteiger partial charge in [0.15, 0.2) is 5.78 Å². The zero-order chi connectivity index (χ0) is 24.1. The van der Waals surface area contributed by atoms with Crippen LogP contribution in [-0.2, 0) is 16.8 Å². The summed E-state index contributed by atoms with van der Waals surface area (Å²) in [4.78, 5) is 33.5. The molecule has 0 unspecified atom stereocenters. The number of benzene rings is 1. The molecule has 1 aromatic heterocycles. The molecule has 7 heteroatoms. The zero-order valence-electron chi connectivity index (χ0n) is 20.3. The maximum absolute atomic E-state index is 13.4. The van der Waals surface area contributed by atoms with Crippen LogP contribution in [0.5, 0.6) is 5.75 Å². The summed E-state index contributed by atoms with van der Waals surface area (Å²) in [6.45, 7) is 8.20. The third-order valence-electron chi connectivity index (χ3n) is 6.47. The van der Waals surface area contributed by atoms with E-state index in [2.05, 4.69) is 6.07 Å². The SMILES string of the molecule is COc1c(N(C)C(C)=O)cc(C(=O)CN2Cc3ccc(C4CC4)nc3C2=N)cc1C(C)(C)C. The Kier molecular flexibility index (Phi) is 5.76. The van der Waals surface area contributed by atoms with Gasteiger partial charge >= 0.3 is 0 Å². The lowest BCUT2D eigenvalue weighted by molar-refractivity contribution is -0.116. The number of Topliss-reactive ketones (excluding diaryl/α,β-unsaturated/α-hetero) is 1. The van der Waals surface area contributed by atoms with E-state index < -0.39 is 0 Å². The number of amidine groups is 1. The number of hydrogen-bond donors (Lipinski definition) is 1. The van der Waals surface area contributed by atoms with Gasteiger partial charge in [-0.3, -0.25) is 15.0 Å². The molecule has 2 aromatic rings. The molecule has 1 aromatic carbocycles. The summed E-state index contributed by atoms with van der Waals surface area (Å²) in [5.41, 5.74) is 4.35. The van der Waals surface area contributed by atoms with E-state index >= 15 is 0 Å². The van der Waals surface area contributed by atoms with Gasteiger partial charge in [-0.1, -0.05) is 26.8 Å². The molecule has 0 atom stereocenters. The van der Waals surface area contributed by atoms with Crippen LogP contribution in [0, 0.1) is 5.41 Å². The van der Waals surface area contributed by atoms with E-state index in [1.54, 1.807) is 25.1 Å². The molecule has 0 radical (unpaired) electrons. The van der Waals surface area contributed by atoms with Gasteiger partial charge in [0.1, 0.15) is 17.3 Å². The minimum absolute atomic E-state index is 0.0765. The normalized spacial score (nSPS) is 15.5. The van der Waals surface area contributed by atoms with E-state index in [9.17, 15) is 9.59 Å². The first-order chi connectivity index (χ1) is 15.5. The molecule has 1 fully saturated rings. The monoisotopic (exact) mass is 448 g/mol. The predicted molar refractivity (Wildman–Crippen MR) is 129 cm³/mol. The van der Waals surface area contributed by atoms with Crippen molar-refractivity contribution in [3.8, 4) is 5.75 Å². The summed E-state index contributed by atoms with van der Waals surface area (Å²) in [5, 5.41) is 8.61. The molecule has 1 saturated carbocycles. The van der Waals surface area contributed by atoms with E-state index in [0.717, 1.165) is 29.7 Å². The Bertz CT molecular complexity index is 1140. The number of methoxy groups -OCH3 is 1. The Morgan fingerprint density at radius 2 is 1.94 bits per heavy atom. The second kappa shape index (κ2) is 8.28. The number of aromatic nitrogens is 1. The van der Waals surface area contributed by atoms with Crippen molar-refractivity contribution < 1.29 is 14.3 Å². The third kappa shape index (κ3) is 4.36. The van der Waals surface area contributed by atoms with Crippen LogP contribution in [0.15, 0.2) is 24.3 Å². The van der Waals surface area contributed by atoms with Crippen molar-refractivity contribution in [3.63, 3.8) is 0 Å². The van der Waals surface area contributed by atoms with Crippen LogP contribution in [0.25, 0.3) is 0 Å². The number of hydrogen-bond acceptors (Lipinski definition) is 5. The van der Waals surface area contributed by atoms with Crippen LogP contribution in [0.4, 0.5) is 5.69 Å². The minimum atomic E-state index is -0.298. The van der Waals surface area contributed by atoms with Crippen molar-refractivity contribution in [2.75, 3.05) is 25.6 Å². The van der Waals surface area contributed by atoms with Crippen molar-refractivity contribution in [1.29, 1.82) is 5.41 Å². The maximum Gasteiger partial charge on any atom is 0.223 e. The van der Waals surface area contributed by atoms with Gasteiger partial charge in [0.2, 0.25) is 5.91 Å². The molecule has 1 N–H and O–H groups in total. The number of anilines is 1.